The number of alkyl halides is 3. The molecule has 0 aliphatic heterocycles. The summed E-state index contributed by atoms with van der Waals surface area (Å²) in [6.45, 7) is 0. The Morgan fingerprint density at radius 1 is 1.11 bits per heavy atom. The minimum absolute atomic E-state index is 0.0886. The summed E-state index contributed by atoms with van der Waals surface area (Å²) >= 11 is 3.16. The van der Waals surface area contributed by atoms with Crippen LogP contribution in [0.15, 0.2) is 22.7 Å². The molecule has 19 heavy (non-hydrogen) atoms. The number of halogens is 5. The van der Waals surface area contributed by atoms with Gasteiger partial charge in [0.2, 0.25) is 0 Å². The Morgan fingerprint density at radius 2 is 1.74 bits per heavy atom. The van der Waals surface area contributed by atoms with Crippen LogP contribution in [-0.4, -0.2) is 12.2 Å². The molecule has 1 saturated carbocycles. The van der Waals surface area contributed by atoms with Crippen LogP contribution in [0.2, 0.25) is 0 Å². The first-order valence-corrected chi connectivity index (χ1v) is 6.94. The van der Waals surface area contributed by atoms with Crippen molar-refractivity contribution < 1.29 is 17.6 Å². The normalized spacial score (nSPS) is 24.3. The van der Waals surface area contributed by atoms with Crippen molar-refractivity contribution >= 4 is 21.6 Å². The molecule has 0 aromatic heterocycles. The van der Waals surface area contributed by atoms with Crippen LogP contribution in [0.5, 0.6) is 0 Å². The van der Waals surface area contributed by atoms with E-state index < -0.39 is 17.9 Å². The summed E-state index contributed by atoms with van der Waals surface area (Å²) in [5.41, 5.74) is 0.346. The highest BCUT2D eigenvalue weighted by molar-refractivity contribution is 9.10. The highest BCUT2D eigenvalue weighted by Crippen LogP contribution is 2.38. The predicted octanol–water partition coefficient (Wildman–Crippen LogP) is 5.12. The van der Waals surface area contributed by atoms with Gasteiger partial charge in [-0.25, -0.2) is 4.39 Å². The van der Waals surface area contributed by atoms with E-state index in [4.69, 9.17) is 0 Å². The summed E-state index contributed by atoms with van der Waals surface area (Å²) in [7, 11) is 0. The predicted molar refractivity (Wildman–Crippen MR) is 69.5 cm³/mol. The van der Waals surface area contributed by atoms with Crippen molar-refractivity contribution in [3.63, 3.8) is 0 Å². The van der Waals surface area contributed by atoms with Gasteiger partial charge in [0.05, 0.1) is 11.6 Å². The average molecular weight is 340 g/mol. The lowest BCUT2D eigenvalue weighted by molar-refractivity contribution is -0.182. The number of rotatable bonds is 2. The number of anilines is 1. The van der Waals surface area contributed by atoms with E-state index in [1.807, 2.05) is 0 Å². The van der Waals surface area contributed by atoms with Crippen LogP contribution in [0.1, 0.15) is 25.7 Å². The second kappa shape index (κ2) is 5.69. The summed E-state index contributed by atoms with van der Waals surface area (Å²) < 4.78 is 51.8. The van der Waals surface area contributed by atoms with E-state index in [0.717, 1.165) is 0 Å². The van der Waals surface area contributed by atoms with Gasteiger partial charge in [-0.1, -0.05) is 15.9 Å². The van der Waals surface area contributed by atoms with Crippen LogP contribution >= 0.6 is 15.9 Å². The third-order valence-electron chi connectivity index (χ3n) is 3.48. The number of nitrogens with one attached hydrogen (secondary N) is 1. The molecular formula is C13H14BrF4N. The molecule has 1 aliphatic carbocycles. The van der Waals surface area contributed by atoms with Crippen LogP contribution in [0.3, 0.4) is 0 Å². The fourth-order valence-electron chi connectivity index (χ4n) is 2.39. The van der Waals surface area contributed by atoms with Crippen LogP contribution in [-0.2, 0) is 0 Å². The molecule has 0 radical (unpaired) electrons. The number of hydrogen-bond acceptors (Lipinski definition) is 1. The van der Waals surface area contributed by atoms with E-state index in [0.29, 0.717) is 23.0 Å². The van der Waals surface area contributed by atoms with Gasteiger partial charge in [-0.3, -0.25) is 0 Å². The summed E-state index contributed by atoms with van der Waals surface area (Å²) in [5.74, 6) is -1.60. The van der Waals surface area contributed by atoms with E-state index in [1.54, 1.807) is 12.1 Å². The van der Waals surface area contributed by atoms with E-state index in [-0.39, 0.29) is 18.9 Å². The maximum Gasteiger partial charge on any atom is 0.391 e. The molecule has 1 aliphatic rings. The van der Waals surface area contributed by atoms with Gasteiger partial charge in [0, 0.05) is 10.5 Å². The molecule has 0 spiro atoms. The Hall–Kier alpha value is -0.780. The van der Waals surface area contributed by atoms with Gasteiger partial charge in [-0.2, -0.15) is 13.2 Å². The first-order valence-electron chi connectivity index (χ1n) is 6.14. The zero-order valence-electron chi connectivity index (χ0n) is 10.1. The third-order valence-corrected chi connectivity index (χ3v) is 3.97. The summed E-state index contributed by atoms with van der Waals surface area (Å²) in [4.78, 5) is 0. The van der Waals surface area contributed by atoms with Gasteiger partial charge in [-0.15, -0.1) is 0 Å². The molecule has 1 nitrogen and oxygen atoms in total. The molecule has 6 heteroatoms. The first kappa shape index (κ1) is 14.6. The molecule has 1 N–H and O–H groups in total. The number of benzene rings is 1. The largest absolute Gasteiger partial charge is 0.391 e. The fourth-order valence-corrected chi connectivity index (χ4v) is 2.72. The van der Waals surface area contributed by atoms with Crippen molar-refractivity contribution in [2.75, 3.05) is 5.32 Å². The first-order chi connectivity index (χ1) is 8.86. The van der Waals surface area contributed by atoms with Crippen LogP contribution in [0, 0.1) is 11.7 Å². The molecule has 0 unspecified atom stereocenters. The van der Waals surface area contributed by atoms with Crippen molar-refractivity contribution in [3.8, 4) is 0 Å². The Kier molecular flexibility index (Phi) is 4.38. The maximum atomic E-state index is 13.6. The second-order valence-corrected chi connectivity index (χ2v) is 5.77. The van der Waals surface area contributed by atoms with Gasteiger partial charge < -0.3 is 5.32 Å². The monoisotopic (exact) mass is 339 g/mol. The third kappa shape index (κ3) is 3.84. The zero-order chi connectivity index (χ0) is 14.0. The van der Waals surface area contributed by atoms with Crippen molar-refractivity contribution in [3.05, 3.63) is 28.5 Å². The molecule has 106 valence electrons. The van der Waals surface area contributed by atoms with Gasteiger partial charge in [-0.05, 0) is 43.9 Å². The van der Waals surface area contributed by atoms with Crippen molar-refractivity contribution in [2.24, 2.45) is 5.92 Å². The van der Waals surface area contributed by atoms with Crippen LogP contribution in [0.4, 0.5) is 23.2 Å². The lowest BCUT2D eigenvalue weighted by Crippen LogP contribution is -2.33. The summed E-state index contributed by atoms with van der Waals surface area (Å²) in [6, 6.07) is 4.54. The van der Waals surface area contributed by atoms with Crippen molar-refractivity contribution in [1.29, 1.82) is 0 Å². The SMILES string of the molecule is Fc1cc(Br)ccc1NC1CCC(C(F)(F)F)CC1. The van der Waals surface area contributed by atoms with E-state index in [2.05, 4.69) is 21.2 Å². The zero-order valence-corrected chi connectivity index (χ0v) is 11.7. The van der Waals surface area contributed by atoms with Gasteiger partial charge in [0.15, 0.2) is 0 Å². The quantitative estimate of drug-likeness (QED) is 0.737. The standard InChI is InChI=1S/C13H14BrF4N/c14-9-3-6-12(11(15)7-9)19-10-4-1-8(2-5-10)13(16,17)18/h3,6-8,10,19H,1-2,4-5H2. The fraction of sp³-hybridized carbons (Fsp3) is 0.538. The lowest BCUT2D eigenvalue weighted by atomic mass is 9.85. The van der Waals surface area contributed by atoms with Gasteiger partial charge in [0.25, 0.3) is 0 Å². The Bertz CT molecular complexity index is 439. The van der Waals surface area contributed by atoms with Crippen LogP contribution in [0.25, 0.3) is 0 Å². The average Bonchev–Trinajstić information content (AvgIpc) is 2.32. The lowest BCUT2D eigenvalue weighted by Gasteiger charge is -2.30. The molecule has 1 fully saturated rings. The minimum atomic E-state index is -4.10. The van der Waals surface area contributed by atoms with E-state index >= 15 is 0 Å². The smallest absolute Gasteiger partial charge is 0.380 e. The maximum absolute atomic E-state index is 13.6. The molecular weight excluding hydrogens is 326 g/mol. The topological polar surface area (TPSA) is 12.0 Å². The second-order valence-electron chi connectivity index (χ2n) is 4.86. The molecule has 1 aromatic carbocycles. The molecule has 1 aromatic rings. The minimum Gasteiger partial charge on any atom is -0.380 e. The highest BCUT2D eigenvalue weighted by Gasteiger charge is 2.41. The van der Waals surface area contributed by atoms with Crippen LogP contribution < -0.4 is 5.32 Å². The van der Waals surface area contributed by atoms with Gasteiger partial charge >= 0.3 is 6.18 Å². The molecule has 0 heterocycles. The van der Waals surface area contributed by atoms with E-state index in [9.17, 15) is 17.6 Å². The summed E-state index contributed by atoms with van der Waals surface area (Å²) in [6.07, 6.45) is -3.05. The number of hydrogen-bond donors (Lipinski definition) is 1. The molecule has 0 bridgehead atoms. The Balaban J connectivity index is 1.92. The van der Waals surface area contributed by atoms with Crippen molar-refractivity contribution in [2.45, 2.75) is 37.9 Å². The van der Waals surface area contributed by atoms with Crippen molar-refractivity contribution in [1.82, 2.24) is 0 Å². The Morgan fingerprint density at radius 3 is 2.26 bits per heavy atom. The van der Waals surface area contributed by atoms with Gasteiger partial charge in [0.1, 0.15) is 5.82 Å². The Labute approximate surface area is 117 Å². The molecule has 0 atom stereocenters. The molecule has 0 amide bonds. The van der Waals surface area contributed by atoms with E-state index in [1.165, 1.54) is 6.07 Å². The summed E-state index contributed by atoms with van der Waals surface area (Å²) in [5, 5.41) is 2.99. The highest BCUT2D eigenvalue weighted by atomic mass is 79.9. The molecule has 0 saturated heterocycles. The molecule has 2 rings (SSSR count).